The molecule has 0 spiro atoms. The molecule has 2 N–H and O–H groups in total. The van der Waals surface area contributed by atoms with E-state index < -0.39 is 0 Å². The number of hydrogen-bond donors (Lipinski definition) is 1. The lowest BCUT2D eigenvalue weighted by atomic mass is 9.95. The van der Waals surface area contributed by atoms with Gasteiger partial charge in [0.1, 0.15) is 0 Å². The highest BCUT2D eigenvalue weighted by atomic mass is 16.5. The number of methoxy groups -OCH3 is 1. The molecule has 1 aliphatic rings. The molecule has 0 unspecified atom stereocenters. The highest BCUT2D eigenvalue weighted by molar-refractivity contribution is 4.98. The van der Waals surface area contributed by atoms with Crippen LogP contribution in [0.15, 0.2) is 4.52 Å². The molecule has 5 heteroatoms. The third kappa shape index (κ3) is 3.51. The zero-order valence-electron chi connectivity index (χ0n) is 10.4. The molecule has 0 bridgehead atoms. The molecule has 17 heavy (non-hydrogen) atoms. The Morgan fingerprint density at radius 3 is 2.88 bits per heavy atom. The molecule has 0 radical (unpaired) electrons. The zero-order valence-corrected chi connectivity index (χ0v) is 10.4. The van der Waals surface area contributed by atoms with Crippen LogP contribution in [0.2, 0.25) is 0 Å². The molecule has 1 aromatic heterocycles. The third-order valence-corrected chi connectivity index (χ3v) is 3.36. The molecule has 1 saturated carbocycles. The van der Waals surface area contributed by atoms with Crippen LogP contribution in [0, 0.1) is 0 Å². The van der Waals surface area contributed by atoms with Crippen LogP contribution in [0.1, 0.15) is 43.8 Å². The van der Waals surface area contributed by atoms with Crippen LogP contribution in [-0.4, -0.2) is 29.4 Å². The second kappa shape index (κ2) is 5.60. The summed E-state index contributed by atoms with van der Waals surface area (Å²) in [6.45, 7) is 0.727. The van der Waals surface area contributed by atoms with Crippen molar-refractivity contribution in [2.45, 2.75) is 50.5 Å². The SMILES string of the molecule is COCCCc1noc(CC2(N)CCCC2)n1. The Bertz CT molecular complexity index is 345. The number of hydrogen-bond acceptors (Lipinski definition) is 5. The van der Waals surface area contributed by atoms with Crippen molar-refractivity contribution in [3.8, 4) is 0 Å². The fourth-order valence-electron chi connectivity index (χ4n) is 2.40. The van der Waals surface area contributed by atoms with Crippen LogP contribution in [-0.2, 0) is 17.6 Å². The maximum Gasteiger partial charge on any atom is 0.228 e. The molecule has 1 aromatic rings. The average Bonchev–Trinajstić information content (AvgIpc) is 2.89. The minimum absolute atomic E-state index is 0.115. The van der Waals surface area contributed by atoms with Crippen molar-refractivity contribution >= 4 is 0 Å². The molecule has 1 aliphatic carbocycles. The number of ether oxygens (including phenoxy) is 1. The normalized spacial score (nSPS) is 18.7. The molecular weight excluding hydrogens is 218 g/mol. The number of aromatic nitrogens is 2. The van der Waals surface area contributed by atoms with Gasteiger partial charge in [-0.1, -0.05) is 18.0 Å². The minimum Gasteiger partial charge on any atom is -0.385 e. The lowest BCUT2D eigenvalue weighted by Gasteiger charge is -2.20. The van der Waals surface area contributed by atoms with E-state index in [0.717, 1.165) is 38.1 Å². The van der Waals surface area contributed by atoms with Crippen molar-refractivity contribution in [2.75, 3.05) is 13.7 Å². The molecule has 0 aliphatic heterocycles. The van der Waals surface area contributed by atoms with E-state index in [1.807, 2.05) is 0 Å². The Morgan fingerprint density at radius 1 is 1.41 bits per heavy atom. The predicted octanol–water partition coefficient (Wildman–Crippen LogP) is 1.46. The first kappa shape index (κ1) is 12.5. The highest BCUT2D eigenvalue weighted by Gasteiger charge is 2.31. The van der Waals surface area contributed by atoms with Crippen LogP contribution in [0.25, 0.3) is 0 Å². The van der Waals surface area contributed by atoms with Gasteiger partial charge >= 0.3 is 0 Å². The fraction of sp³-hybridized carbons (Fsp3) is 0.833. The van der Waals surface area contributed by atoms with Crippen molar-refractivity contribution < 1.29 is 9.26 Å². The number of nitrogens with two attached hydrogens (primary N) is 1. The van der Waals surface area contributed by atoms with Crippen LogP contribution in [0.5, 0.6) is 0 Å². The van der Waals surface area contributed by atoms with Crippen molar-refractivity contribution in [3.63, 3.8) is 0 Å². The van der Waals surface area contributed by atoms with Gasteiger partial charge in [-0.25, -0.2) is 0 Å². The Balaban J connectivity index is 1.85. The van der Waals surface area contributed by atoms with E-state index in [9.17, 15) is 0 Å². The molecule has 0 aromatic carbocycles. The Morgan fingerprint density at radius 2 is 2.18 bits per heavy atom. The maximum absolute atomic E-state index is 6.27. The van der Waals surface area contributed by atoms with Crippen LogP contribution >= 0.6 is 0 Å². The second-order valence-corrected chi connectivity index (χ2v) is 4.95. The van der Waals surface area contributed by atoms with Crippen LogP contribution < -0.4 is 5.73 Å². The van der Waals surface area contributed by atoms with E-state index in [-0.39, 0.29) is 5.54 Å². The lowest BCUT2D eigenvalue weighted by molar-refractivity contribution is 0.194. The fourth-order valence-corrected chi connectivity index (χ4v) is 2.40. The summed E-state index contributed by atoms with van der Waals surface area (Å²) in [6.07, 6.45) is 6.99. The van der Waals surface area contributed by atoms with E-state index in [1.54, 1.807) is 7.11 Å². The summed E-state index contributed by atoms with van der Waals surface area (Å²) in [5, 5.41) is 3.96. The first-order chi connectivity index (χ1) is 8.22. The highest BCUT2D eigenvalue weighted by Crippen LogP contribution is 2.29. The molecule has 0 atom stereocenters. The third-order valence-electron chi connectivity index (χ3n) is 3.36. The Hall–Kier alpha value is -0.940. The molecule has 0 amide bonds. The number of rotatable bonds is 6. The van der Waals surface area contributed by atoms with Gasteiger partial charge in [0, 0.05) is 32.1 Å². The van der Waals surface area contributed by atoms with Gasteiger partial charge in [-0.2, -0.15) is 4.98 Å². The van der Waals surface area contributed by atoms with Crippen molar-refractivity contribution in [3.05, 3.63) is 11.7 Å². The second-order valence-electron chi connectivity index (χ2n) is 4.95. The number of nitrogens with zero attached hydrogens (tertiary/aromatic N) is 2. The largest absolute Gasteiger partial charge is 0.385 e. The molecule has 1 heterocycles. The van der Waals surface area contributed by atoms with Crippen molar-refractivity contribution in [1.82, 2.24) is 10.1 Å². The maximum atomic E-state index is 6.27. The number of aryl methyl sites for hydroxylation is 1. The van der Waals surface area contributed by atoms with Crippen molar-refractivity contribution in [1.29, 1.82) is 0 Å². The smallest absolute Gasteiger partial charge is 0.228 e. The van der Waals surface area contributed by atoms with E-state index in [1.165, 1.54) is 12.8 Å². The van der Waals surface area contributed by atoms with E-state index in [0.29, 0.717) is 12.3 Å². The van der Waals surface area contributed by atoms with Gasteiger partial charge in [0.05, 0.1) is 0 Å². The molecule has 96 valence electrons. The Labute approximate surface area is 102 Å². The van der Waals surface area contributed by atoms with Gasteiger partial charge in [0.25, 0.3) is 0 Å². The van der Waals surface area contributed by atoms with Gasteiger partial charge in [-0.3, -0.25) is 0 Å². The van der Waals surface area contributed by atoms with Crippen LogP contribution in [0.3, 0.4) is 0 Å². The summed E-state index contributed by atoms with van der Waals surface area (Å²) < 4.78 is 10.2. The van der Waals surface area contributed by atoms with Gasteiger partial charge in [0.15, 0.2) is 5.82 Å². The first-order valence-corrected chi connectivity index (χ1v) is 6.31. The van der Waals surface area contributed by atoms with E-state index in [2.05, 4.69) is 10.1 Å². The summed E-state index contributed by atoms with van der Waals surface area (Å²) in [4.78, 5) is 4.38. The topological polar surface area (TPSA) is 74.2 Å². The molecule has 0 saturated heterocycles. The summed E-state index contributed by atoms with van der Waals surface area (Å²) in [6, 6.07) is 0. The first-order valence-electron chi connectivity index (χ1n) is 6.31. The molecule has 1 fully saturated rings. The van der Waals surface area contributed by atoms with Gasteiger partial charge < -0.3 is 15.0 Å². The van der Waals surface area contributed by atoms with Gasteiger partial charge in [-0.05, 0) is 19.3 Å². The Kier molecular flexibility index (Phi) is 4.12. The molecular formula is C12H21N3O2. The molecule has 5 nitrogen and oxygen atoms in total. The molecule has 2 rings (SSSR count). The van der Waals surface area contributed by atoms with E-state index in [4.69, 9.17) is 15.0 Å². The predicted molar refractivity (Wildman–Crippen MR) is 63.6 cm³/mol. The van der Waals surface area contributed by atoms with Gasteiger partial charge in [0.2, 0.25) is 5.89 Å². The standard InChI is InChI=1S/C12H21N3O2/c1-16-8-4-5-10-14-11(17-15-10)9-12(13)6-2-3-7-12/h2-9,13H2,1H3. The van der Waals surface area contributed by atoms with Crippen molar-refractivity contribution in [2.24, 2.45) is 5.73 Å². The zero-order chi connectivity index (χ0) is 12.1. The average molecular weight is 239 g/mol. The summed E-state index contributed by atoms with van der Waals surface area (Å²) in [7, 11) is 1.69. The van der Waals surface area contributed by atoms with E-state index >= 15 is 0 Å². The lowest BCUT2D eigenvalue weighted by Crippen LogP contribution is -2.38. The van der Waals surface area contributed by atoms with Crippen LogP contribution in [0.4, 0.5) is 0 Å². The summed E-state index contributed by atoms with van der Waals surface area (Å²) in [5.74, 6) is 1.44. The minimum atomic E-state index is -0.115. The summed E-state index contributed by atoms with van der Waals surface area (Å²) >= 11 is 0. The quantitative estimate of drug-likeness (QED) is 0.761. The summed E-state index contributed by atoms with van der Waals surface area (Å²) in [5.41, 5.74) is 6.16. The van der Waals surface area contributed by atoms with Gasteiger partial charge in [-0.15, -0.1) is 0 Å². The monoisotopic (exact) mass is 239 g/mol.